The summed E-state index contributed by atoms with van der Waals surface area (Å²) < 4.78 is 5.73. The van der Waals surface area contributed by atoms with E-state index in [0.717, 1.165) is 35.9 Å². The van der Waals surface area contributed by atoms with Crippen LogP contribution in [0.15, 0.2) is 48.5 Å². The molecule has 0 saturated carbocycles. The zero-order valence-corrected chi connectivity index (χ0v) is 13.4. The van der Waals surface area contributed by atoms with Gasteiger partial charge in [0.2, 0.25) is 0 Å². The van der Waals surface area contributed by atoms with Crippen LogP contribution in [0.5, 0.6) is 5.75 Å². The van der Waals surface area contributed by atoms with Crippen LogP contribution >= 0.6 is 11.6 Å². The fourth-order valence-corrected chi connectivity index (χ4v) is 2.57. The van der Waals surface area contributed by atoms with Gasteiger partial charge in [-0.1, -0.05) is 55.8 Å². The normalized spacial score (nSPS) is 12.1. The maximum Gasteiger partial charge on any atom is 0.119 e. The van der Waals surface area contributed by atoms with E-state index in [1.807, 2.05) is 30.3 Å². The van der Waals surface area contributed by atoms with Gasteiger partial charge in [0.05, 0.1) is 12.6 Å². The van der Waals surface area contributed by atoms with Crippen LogP contribution in [-0.4, -0.2) is 13.2 Å². The minimum atomic E-state index is 0.0777. The molecule has 0 bridgehead atoms. The monoisotopic (exact) mass is 303 g/mol. The molecule has 2 aromatic carbocycles. The number of nitrogens with one attached hydrogen (secondary N) is 1. The molecule has 0 aromatic heterocycles. The van der Waals surface area contributed by atoms with Crippen molar-refractivity contribution in [3.05, 3.63) is 64.7 Å². The molecule has 0 fully saturated rings. The number of hydrogen-bond acceptors (Lipinski definition) is 2. The maximum atomic E-state index is 6.36. The molecule has 0 aliphatic carbocycles. The van der Waals surface area contributed by atoms with Crippen molar-refractivity contribution in [3.8, 4) is 5.75 Å². The van der Waals surface area contributed by atoms with Crippen molar-refractivity contribution in [1.82, 2.24) is 5.32 Å². The molecule has 2 rings (SSSR count). The summed E-state index contributed by atoms with van der Waals surface area (Å²) in [5.41, 5.74) is 2.26. The van der Waals surface area contributed by atoms with E-state index in [1.165, 1.54) is 5.56 Å². The Bertz CT molecular complexity index is 571. The highest BCUT2D eigenvalue weighted by Crippen LogP contribution is 2.29. The van der Waals surface area contributed by atoms with Gasteiger partial charge in [-0.05, 0) is 42.3 Å². The standard InChI is InChI=1S/C18H22ClNO/c1-3-12-21-15-9-7-8-14(13-15)18(20-4-2)16-10-5-6-11-17(16)19/h5-11,13,18,20H,3-4,12H2,1-2H3. The highest BCUT2D eigenvalue weighted by atomic mass is 35.5. The van der Waals surface area contributed by atoms with Crippen LogP contribution in [0.25, 0.3) is 0 Å². The Morgan fingerprint density at radius 2 is 1.90 bits per heavy atom. The predicted octanol–water partition coefficient (Wildman–Crippen LogP) is 4.83. The quantitative estimate of drug-likeness (QED) is 0.791. The molecule has 0 aliphatic rings. The van der Waals surface area contributed by atoms with Crippen LogP contribution < -0.4 is 10.1 Å². The minimum Gasteiger partial charge on any atom is -0.494 e. The number of ether oxygens (including phenoxy) is 1. The second-order valence-electron chi connectivity index (χ2n) is 4.93. The topological polar surface area (TPSA) is 21.3 Å². The Morgan fingerprint density at radius 1 is 1.10 bits per heavy atom. The van der Waals surface area contributed by atoms with Crippen molar-refractivity contribution in [3.63, 3.8) is 0 Å². The molecule has 21 heavy (non-hydrogen) atoms. The Morgan fingerprint density at radius 3 is 2.62 bits per heavy atom. The molecule has 0 aliphatic heterocycles. The SMILES string of the molecule is CCCOc1cccc(C(NCC)c2ccccc2Cl)c1. The summed E-state index contributed by atoms with van der Waals surface area (Å²) >= 11 is 6.36. The van der Waals surface area contributed by atoms with Crippen LogP contribution in [0.1, 0.15) is 37.4 Å². The molecular weight excluding hydrogens is 282 g/mol. The summed E-state index contributed by atoms with van der Waals surface area (Å²) in [7, 11) is 0. The fourth-order valence-electron chi connectivity index (χ4n) is 2.32. The third-order valence-electron chi connectivity index (χ3n) is 3.29. The number of halogens is 1. The highest BCUT2D eigenvalue weighted by molar-refractivity contribution is 6.31. The van der Waals surface area contributed by atoms with E-state index in [4.69, 9.17) is 16.3 Å². The van der Waals surface area contributed by atoms with Gasteiger partial charge in [-0.2, -0.15) is 0 Å². The predicted molar refractivity (Wildman–Crippen MR) is 89.2 cm³/mol. The third-order valence-corrected chi connectivity index (χ3v) is 3.63. The summed E-state index contributed by atoms with van der Waals surface area (Å²) in [6, 6.07) is 16.3. The summed E-state index contributed by atoms with van der Waals surface area (Å²) in [5.74, 6) is 0.907. The first kappa shape index (κ1) is 15.9. The van der Waals surface area contributed by atoms with Crippen molar-refractivity contribution in [2.24, 2.45) is 0 Å². The second-order valence-corrected chi connectivity index (χ2v) is 5.34. The van der Waals surface area contributed by atoms with Crippen LogP contribution in [0.2, 0.25) is 5.02 Å². The van der Waals surface area contributed by atoms with Gasteiger partial charge in [0.25, 0.3) is 0 Å². The van der Waals surface area contributed by atoms with Crippen molar-refractivity contribution >= 4 is 11.6 Å². The lowest BCUT2D eigenvalue weighted by Gasteiger charge is -2.21. The summed E-state index contributed by atoms with van der Waals surface area (Å²) in [4.78, 5) is 0. The van der Waals surface area contributed by atoms with Crippen molar-refractivity contribution in [1.29, 1.82) is 0 Å². The molecule has 2 nitrogen and oxygen atoms in total. The molecule has 0 radical (unpaired) electrons. The van der Waals surface area contributed by atoms with Gasteiger partial charge < -0.3 is 10.1 Å². The molecule has 3 heteroatoms. The maximum absolute atomic E-state index is 6.36. The Labute approximate surface area is 132 Å². The smallest absolute Gasteiger partial charge is 0.119 e. The zero-order chi connectivity index (χ0) is 15.1. The molecule has 1 unspecified atom stereocenters. The van der Waals surface area contributed by atoms with E-state index < -0.39 is 0 Å². The zero-order valence-electron chi connectivity index (χ0n) is 12.6. The van der Waals surface area contributed by atoms with Gasteiger partial charge >= 0.3 is 0 Å². The first-order valence-electron chi connectivity index (χ1n) is 7.46. The molecular formula is C18H22ClNO. The average Bonchev–Trinajstić information content (AvgIpc) is 2.52. The van der Waals surface area contributed by atoms with Crippen LogP contribution in [-0.2, 0) is 0 Å². The Balaban J connectivity index is 2.32. The van der Waals surface area contributed by atoms with Crippen LogP contribution in [0.4, 0.5) is 0 Å². The molecule has 2 aromatic rings. The van der Waals surface area contributed by atoms with Gasteiger partial charge in [-0.25, -0.2) is 0 Å². The van der Waals surface area contributed by atoms with E-state index in [2.05, 4.69) is 37.4 Å². The molecule has 1 atom stereocenters. The third kappa shape index (κ3) is 4.23. The lowest BCUT2D eigenvalue weighted by molar-refractivity contribution is 0.317. The fraction of sp³-hybridized carbons (Fsp3) is 0.333. The molecule has 0 amide bonds. The summed E-state index contributed by atoms with van der Waals surface area (Å²) in [6.07, 6.45) is 1.01. The van der Waals surface area contributed by atoms with E-state index in [0.29, 0.717) is 0 Å². The van der Waals surface area contributed by atoms with Crippen molar-refractivity contribution in [2.75, 3.05) is 13.2 Å². The molecule has 0 saturated heterocycles. The van der Waals surface area contributed by atoms with E-state index in [9.17, 15) is 0 Å². The minimum absolute atomic E-state index is 0.0777. The molecule has 0 spiro atoms. The van der Waals surface area contributed by atoms with Gasteiger partial charge in [-0.3, -0.25) is 0 Å². The Kier molecular flexibility index (Phi) is 6.09. The lowest BCUT2D eigenvalue weighted by atomic mass is 9.98. The Hall–Kier alpha value is -1.51. The number of benzene rings is 2. The van der Waals surface area contributed by atoms with E-state index in [1.54, 1.807) is 0 Å². The molecule has 1 N–H and O–H groups in total. The largest absolute Gasteiger partial charge is 0.494 e. The van der Waals surface area contributed by atoms with E-state index >= 15 is 0 Å². The average molecular weight is 304 g/mol. The number of rotatable bonds is 7. The van der Waals surface area contributed by atoms with Crippen LogP contribution in [0, 0.1) is 0 Å². The first-order valence-corrected chi connectivity index (χ1v) is 7.84. The van der Waals surface area contributed by atoms with Crippen LogP contribution in [0.3, 0.4) is 0 Å². The lowest BCUT2D eigenvalue weighted by Crippen LogP contribution is -2.22. The second kappa shape index (κ2) is 8.06. The number of hydrogen-bond donors (Lipinski definition) is 1. The van der Waals surface area contributed by atoms with E-state index in [-0.39, 0.29) is 6.04 Å². The van der Waals surface area contributed by atoms with Crippen molar-refractivity contribution < 1.29 is 4.74 Å². The van der Waals surface area contributed by atoms with Crippen molar-refractivity contribution in [2.45, 2.75) is 26.3 Å². The molecule has 0 heterocycles. The summed E-state index contributed by atoms with van der Waals surface area (Å²) in [6.45, 7) is 5.81. The van der Waals surface area contributed by atoms with Gasteiger partial charge in [0.15, 0.2) is 0 Å². The highest BCUT2D eigenvalue weighted by Gasteiger charge is 2.16. The van der Waals surface area contributed by atoms with Gasteiger partial charge in [-0.15, -0.1) is 0 Å². The van der Waals surface area contributed by atoms with Gasteiger partial charge in [0, 0.05) is 5.02 Å². The van der Waals surface area contributed by atoms with Gasteiger partial charge in [0.1, 0.15) is 5.75 Å². The first-order chi connectivity index (χ1) is 10.3. The summed E-state index contributed by atoms with van der Waals surface area (Å²) in [5, 5.41) is 4.28. The molecule has 112 valence electrons.